The average molecular weight is 180 g/mol. The van der Waals surface area contributed by atoms with Crippen molar-refractivity contribution in [3.63, 3.8) is 0 Å². The summed E-state index contributed by atoms with van der Waals surface area (Å²) in [5.74, 6) is 0.380. The van der Waals surface area contributed by atoms with E-state index in [1.807, 2.05) is 19.0 Å². The Kier molecular flexibility index (Phi) is 3.58. The van der Waals surface area contributed by atoms with Crippen molar-refractivity contribution in [2.24, 2.45) is 0 Å². The van der Waals surface area contributed by atoms with Crippen molar-refractivity contribution in [1.82, 2.24) is 4.90 Å². The molecule has 0 unspecified atom stereocenters. The molecule has 1 aromatic carbocycles. The van der Waals surface area contributed by atoms with Crippen molar-refractivity contribution < 1.29 is 9.84 Å². The van der Waals surface area contributed by atoms with E-state index < -0.39 is 0 Å². The van der Waals surface area contributed by atoms with Gasteiger partial charge in [-0.1, -0.05) is 12.1 Å². The van der Waals surface area contributed by atoms with E-state index in [9.17, 15) is 5.11 Å². The first-order chi connectivity index (χ1) is 6.20. The number of hydrogen-bond donors (Lipinski definition) is 0. The lowest BCUT2D eigenvalue weighted by atomic mass is 10.3. The van der Waals surface area contributed by atoms with E-state index in [1.165, 1.54) is 6.07 Å². The molecule has 0 aliphatic rings. The van der Waals surface area contributed by atoms with Crippen LogP contribution in [0, 0.1) is 0 Å². The summed E-state index contributed by atoms with van der Waals surface area (Å²) in [6, 6.07) is 6.70. The molecule has 13 heavy (non-hydrogen) atoms. The lowest BCUT2D eigenvalue weighted by Gasteiger charge is -2.10. The van der Waals surface area contributed by atoms with Gasteiger partial charge in [0.15, 0.2) is 5.75 Å². The monoisotopic (exact) mass is 180 g/mol. The van der Waals surface area contributed by atoms with Crippen molar-refractivity contribution >= 4 is 0 Å². The third-order valence-corrected chi connectivity index (χ3v) is 1.65. The predicted octanol–water partition coefficient (Wildman–Crippen LogP) is 1.77. The van der Waals surface area contributed by atoms with Gasteiger partial charge in [0.05, 0.1) is 0 Å². The molecule has 3 nitrogen and oxygen atoms in total. The lowest BCUT2D eigenvalue weighted by Crippen LogP contribution is -2.19. The normalized spacial score (nSPS) is 10.4. The lowest BCUT2D eigenvalue weighted by molar-refractivity contribution is 0.242. The Balaban J connectivity index is 2.41. The number of likely N-dealkylation sites (N-methyl/N-ethyl adjacent to an activating group) is 1. The van der Waals surface area contributed by atoms with Gasteiger partial charge in [-0.2, -0.15) is 0 Å². The average Bonchev–Trinajstić information content (AvgIpc) is 2.08. The quantitative estimate of drug-likeness (QED) is 0.707. The van der Waals surface area contributed by atoms with Gasteiger partial charge in [-0.15, -0.1) is 0 Å². The minimum Gasteiger partial charge on any atom is -0.488 e. The Morgan fingerprint density at radius 1 is 1.31 bits per heavy atom. The number of nitrogens with zero attached hydrogens (tertiary/aromatic N) is 1. The van der Waals surface area contributed by atoms with Gasteiger partial charge in [-0.3, -0.25) is 5.11 Å². The molecule has 3 heteroatoms. The van der Waals surface area contributed by atoms with E-state index in [4.69, 9.17) is 4.74 Å². The van der Waals surface area contributed by atoms with Crippen molar-refractivity contribution in [3.8, 4) is 11.5 Å². The first-order valence-corrected chi connectivity index (χ1v) is 4.23. The van der Waals surface area contributed by atoms with E-state index in [-0.39, 0.29) is 5.75 Å². The molecule has 0 heterocycles. The smallest absolute Gasteiger partial charge is 0.220 e. The molecule has 0 aliphatic carbocycles. The molecule has 0 aromatic heterocycles. The number of ether oxygens (including phenoxy) is 1. The topological polar surface area (TPSA) is 32.4 Å². The largest absolute Gasteiger partial charge is 0.488 e. The summed E-state index contributed by atoms with van der Waals surface area (Å²) in [5.41, 5.74) is 0. The molecule has 0 saturated heterocycles. The van der Waals surface area contributed by atoms with Crippen LogP contribution in [0.5, 0.6) is 11.5 Å². The van der Waals surface area contributed by atoms with Gasteiger partial charge in [-0.05, 0) is 26.2 Å². The van der Waals surface area contributed by atoms with Crippen LogP contribution in [0.1, 0.15) is 0 Å². The second-order valence-corrected chi connectivity index (χ2v) is 3.10. The van der Waals surface area contributed by atoms with Crippen LogP contribution in [0.25, 0.3) is 0 Å². The van der Waals surface area contributed by atoms with Gasteiger partial charge in [0.25, 0.3) is 0 Å². The summed E-state index contributed by atoms with van der Waals surface area (Å²) < 4.78 is 5.29. The summed E-state index contributed by atoms with van der Waals surface area (Å²) in [4.78, 5) is 2.01. The molecule has 0 N–H and O–H groups in total. The fraction of sp³-hybridized carbons (Fsp3) is 0.400. The molecular weight excluding hydrogens is 166 g/mol. The first-order valence-electron chi connectivity index (χ1n) is 4.23. The molecule has 0 saturated carbocycles. The highest BCUT2D eigenvalue weighted by molar-refractivity contribution is 5.37. The van der Waals surface area contributed by atoms with Crippen molar-refractivity contribution in [1.29, 1.82) is 0 Å². The Bertz CT molecular complexity index is 261. The SMILES string of the molecule is CN(C)CCOc1ccccc1[O]. The highest BCUT2D eigenvalue weighted by Crippen LogP contribution is 2.24. The van der Waals surface area contributed by atoms with Gasteiger partial charge in [0, 0.05) is 6.54 Å². The molecule has 71 valence electrons. The van der Waals surface area contributed by atoms with Crippen LogP contribution in [0.15, 0.2) is 24.3 Å². The third-order valence-electron chi connectivity index (χ3n) is 1.65. The summed E-state index contributed by atoms with van der Waals surface area (Å²) in [6.07, 6.45) is 0. The minimum absolute atomic E-state index is 0.0544. The molecule has 0 bridgehead atoms. The summed E-state index contributed by atoms with van der Waals surface area (Å²) in [7, 11) is 3.93. The fourth-order valence-corrected chi connectivity index (χ4v) is 0.908. The van der Waals surface area contributed by atoms with Crippen molar-refractivity contribution in [2.75, 3.05) is 27.2 Å². The molecule has 1 rings (SSSR count). The predicted molar refractivity (Wildman–Crippen MR) is 50.6 cm³/mol. The zero-order valence-corrected chi connectivity index (χ0v) is 7.99. The Morgan fingerprint density at radius 2 is 2.00 bits per heavy atom. The molecule has 0 amide bonds. The molecule has 0 spiro atoms. The maximum atomic E-state index is 11.2. The molecule has 1 radical (unpaired) electrons. The van der Waals surface area contributed by atoms with E-state index in [2.05, 4.69) is 0 Å². The number of rotatable bonds is 4. The Hall–Kier alpha value is -1.22. The molecule has 0 fully saturated rings. The highest BCUT2D eigenvalue weighted by atomic mass is 16.5. The maximum Gasteiger partial charge on any atom is 0.220 e. The highest BCUT2D eigenvalue weighted by Gasteiger charge is 2.01. The standard InChI is InChI=1S/C10H14NO2/c1-11(2)7-8-13-10-6-4-3-5-9(10)12/h3-6H,7-8H2,1-2H3. The fourth-order valence-electron chi connectivity index (χ4n) is 0.908. The van der Waals surface area contributed by atoms with Gasteiger partial charge in [0.2, 0.25) is 5.75 Å². The van der Waals surface area contributed by atoms with Crippen LogP contribution in [0.2, 0.25) is 0 Å². The van der Waals surface area contributed by atoms with Crippen molar-refractivity contribution in [2.45, 2.75) is 0 Å². The number of para-hydroxylation sites is 2. The van der Waals surface area contributed by atoms with Crippen LogP contribution < -0.4 is 4.74 Å². The Labute approximate surface area is 78.6 Å². The minimum atomic E-state index is -0.0544. The third kappa shape index (κ3) is 3.34. The Morgan fingerprint density at radius 3 is 2.62 bits per heavy atom. The summed E-state index contributed by atoms with van der Waals surface area (Å²) in [5, 5.41) is 11.2. The summed E-state index contributed by atoms with van der Waals surface area (Å²) in [6.45, 7) is 1.36. The maximum absolute atomic E-state index is 11.2. The van der Waals surface area contributed by atoms with Crippen LogP contribution in [0.4, 0.5) is 0 Å². The van der Waals surface area contributed by atoms with Crippen molar-refractivity contribution in [3.05, 3.63) is 24.3 Å². The number of benzene rings is 1. The van der Waals surface area contributed by atoms with Crippen LogP contribution in [-0.2, 0) is 5.11 Å². The first kappa shape index (κ1) is 9.86. The van der Waals surface area contributed by atoms with Gasteiger partial charge in [-0.25, -0.2) is 0 Å². The van der Waals surface area contributed by atoms with E-state index in [0.29, 0.717) is 12.4 Å². The second-order valence-electron chi connectivity index (χ2n) is 3.10. The van der Waals surface area contributed by atoms with Crippen LogP contribution in [0.3, 0.4) is 0 Å². The molecule has 0 aliphatic heterocycles. The number of hydrogen-bond acceptors (Lipinski definition) is 2. The van der Waals surface area contributed by atoms with E-state index in [1.54, 1.807) is 18.2 Å². The van der Waals surface area contributed by atoms with Gasteiger partial charge >= 0.3 is 0 Å². The zero-order chi connectivity index (χ0) is 9.68. The van der Waals surface area contributed by atoms with Crippen LogP contribution in [-0.4, -0.2) is 32.1 Å². The van der Waals surface area contributed by atoms with Crippen LogP contribution >= 0.6 is 0 Å². The van der Waals surface area contributed by atoms with Gasteiger partial charge < -0.3 is 9.64 Å². The summed E-state index contributed by atoms with van der Waals surface area (Å²) >= 11 is 0. The molecular formula is C10H14NO2. The van der Waals surface area contributed by atoms with Gasteiger partial charge in [0.1, 0.15) is 6.61 Å². The second kappa shape index (κ2) is 4.72. The molecule has 0 atom stereocenters. The van der Waals surface area contributed by atoms with E-state index in [0.717, 1.165) is 6.54 Å². The zero-order valence-electron chi connectivity index (χ0n) is 7.99. The molecule has 1 aromatic rings. The van der Waals surface area contributed by atoms with E-state index >= 15 is 0 Å².